The molecule has 0 amide bonds. The van der Waals surface area contributed by atoms with Gasteiger partial charge in [0, 0.05) is 33.6 Å². The van der Waals surface area contributed by atoms with E-state index in [0.29, 0.717) is 11.5 Å². The number of hydrogen-bond donors (Lipinski definition) is 1. The Kier molecular flexibility index (Phi) is 4.86. The molecule has 2 fully saturated rings. The predicted octanol–water partition coefficient (Wildman–Crippen LogP) is 5.65. The molecule has 5 nitrogen and oxygen atoms in total. The second-order valence-corrected chi connectivity index (χ2v) is 10.7. The summed E-state index contributed by atoms with van der Waals surface area (Å²) in [5.41, 5.74) is 5.76. The maximum Gasteiger partial charge on any atom is 0.195 e. The summed E-state index contributed by atoms with van der Waals surface area (Å²) in [5.74, 6) is 1.31. The molecule has 2 aliphatic carbocycles. The van der Waals surface area contributed by atoms with Crippen molar-refractivity contribution in [2.24, 2.45) is 0 Å². The summed E-state index contributed by atoms with van der Waals surface area (Å²) in [7, 11) is 1.72. The number of rotatable bonds is 3. The van der Waals surface area contributed by atoms with E-state index in [9.17, 15) is 10.1 Å². The molecule has 2 heterocycles. The average molecular weight is 454 g/mol. The van der Waals surface area contributed by atoms with Crippen LogP contribution in [0.1, 0.15) is 90.2 Å². The maximum absolute atomic E-state index is 13.8. The Bertz CT molecular complexity index is 1350. The lowest BCUT2D eigenvalue weighted by Gasteiger charge is -2.42. The summed E-state index contributed by atoms with van der Waals surface area (Å²) in [6, 6.07) is 12.7. The number of likely N-dealkylation sites (tertiary alicyclic amines) is 1. The summed E-state index contributed by atoms with van der Waals surface area (Å²) >= 11 is 0. The van der Waals surface area contributed by atoms with Gasteiger partial charge in [0.1, 0.15) is 5.75 Å². The van der Waals surface area contributed by atoms with Crippen molar-refractivity contribution in [3.8, 4) is 11.8 Å². The quantitative estimate of drug-likeness (QED) is 0.556. The van der Waals surface area contributed by atoms with Crippen molar-refractivity contribution in [2.75, 3.05) is 20.2 Å². The molecule has 34 heavy (non-hydrogen) atoms. The number of aromatic nitrogens is 1. The van der Waals surface area contributed by atoms with Crippen LogP contribution in [0.25, 0.3) is 10.9 Å². The molecule has 0 unspecified atom stereocenters. The molecule has 1 aliphatic heterocycles. The molecule has 1 N–H and O–H groups in total. The van der Waals surface area contributed by atoms with E-state index in [1.54, 1.807) is 13.2 Å². The van der Waals surface area contributed by atoms with E-state index in [2.05, 4.69) is 35.9 Å². The molecule has 1 saturated heterocycles. The summed E-state index contributed by atoms with van der Waals surface area (Å²) in [4.78, 5) is 20.0. The highest BCUT2D eigenvalue weighted by molar-refractivity contribution is 6.20. The van der Waals surface area contributed by atoms with Crippen molar-refractivity contribution in [1.29, 1.82) is 5.26 Å². The highest BCUT2D eigenvalue weighted by Crippen LogP contribution is 2.47. The van der Waals surface area contributed by atoms with Gasteiger partial charge in [0.25, 0.3) is 0 Å². The smallest absolute Gasteiger partial charge is 0.195 e. The fraction of sp³-hybridized carbons (Fsp3) is 0.448. The average Bonchev–Trinajstić information content (AvgIpc) is 3.21. The van der Waals surface area contributed by atoms with Gasteiger partial charge in [-0.25, -0.2) is 0 Å². The summed E-state index contributed by atoms with van der Waals surface area (Å²) in [6.45, 7) is 6.66. The topological polar surface area (TPSA) is 69.1 Å². The van der Waals surface area contributed by atoms with Gasteiger partial charge in [-0.3, -0.25) is 4.79 Å². The van der Waals surface area contributed by atoms with Crippen molar-refractivity contribution in [1.82, 2.24) is 9.88 Å². The standard InChI is InChI=1S/C29H31N3O2/c1-29(2)23-14-21(18-9-11-32(12-10-18)19-5-4-6-19)25(34-3)15-22(23)27(33)26-20-8-7-17(16-30)13-24(20)31-28(26)29/h7-8,13-15,18-19,31H,4-6,9-12H2,1-3H3. The number of fused-ring (bicyclic) bond motifs is 4. The van der Waals surface area contributed by atoms with E-state index in [1.807, 2.05) is 18.2 Å². The monoisotopic (exact) mass is 453 g/mol. The number of carbonyl (C=O) groups is 1. The third-order valence-corrected chi connectivity index (χ3v) is 8.63. The number of piperidine rings is 1. The lowest BCUT2D eigenvalue weighted by molar-refractivity contribution is 0.0970. The first kappa shape index (κ1) is 21.4. The van der Waals surface area contributed by atoms with Crippen LogP contribution < -0.4 is 4.74 Å². The van der Waals surface area contributed by atoms with Gasteiger partial charge in [-0.15, -0.1) is 0 Å². The first-order valence-corrected chi connectivity index (χ1v) is 12.5. The minimum absolute atomic E-state index is 0.0323. The van der Waals surface area contributed by atoms with E-state index < -0.39 is 0 Å². The first-order chi connectivity index (χ1) is 16.4. The Hall–Kier alpha value is -3.10. The van der Waals surface area contributed by atoms with E-state index in [-0.39, 0.29) is 11.2 Å². The Labute approximate surface area is 200 Å². The fourth-order valence-corrected chi connectivity index (χ4v) is 6.37. The number of ether oxygens (including phenoxy) is 1. The number of ketones is 1. The Morgan fingerprint density at radius 2 is 1.88 bits per heavy atom. The largest absolute Gasteiger partial charge is 0.496 e. The zero-order valence-corrected chi connectivity index (χ0v) is 20.2. The van der Waals surface area contributed by atoms with Gasteiger partial charge in [0.05, 0.1) is 24.3 Å². The minimum atomic E-state index is -0.363. The molecule has 3 aromatic rings. The SMILES string of the molecule is COc1cc2c(cc1C1CCN(C3CCC3)CC1)C(C)(C)c1[nH]c3cc(C#N)ccc3c1C2=O. The lowest BCUT2D eigenvalue weighted by Crippen LogP contribution is -2.44. The number of carbonyl (C=O) groups excluding carboxylic acids is 1. The molecule has 0 radical (unpaired) electrons. The Balaban J connectivity index is 1.42. The van der Waals surface area contributed by atoms with Crippen LogP contribution in [-0.2, 0) is 5.41 Å². The van der Waals surface area contributed by atoms with Crippen LogP contribution in [0.4, 0.5) is 0 Å². The number of nitrogens with zero attached hydrogens (tertiary/aromatic N) is 2. The molecule has 2 aromatic carbocycles. The first-order valence-electron chi connectivity index (χ1n) is 12.5. The van der Waals surface area contributed by atoms with Crippen LogP contribution >= 0.6 is 0 Å². The van der Waals surface area contributed by atoms with E-state index in [1.165, 1.54) is 24.8 Å². The van der Waals surface area contributed by atoms with Gasteiger partial charge >= 0.3 is 0 Å². The number of benzene rings is 2. The molecular weight excluding hydrogens is 422 g/mol. The number of nitrogens with one attached hydrogen (secondary N) is 1. The van der Waals surface area contributed by atoms with Gasteiger partial charge in [0.2, 0.25) is 0 Å². The zero-order chi connectivity index (χ0) is 23.6. The molecule has 0 spiro atoms. The van der Waals surface area contributed by atoms with Gasteiger partial charge in [0.15, 0.2) is 5.78 Å². The van der Waals surface area contributed by atoms with Crippen LogP contribution in [0, 0.1) is 11.3 Å². The van der Waals surface area contributed by atoms with Crippen molar-refractivity contribution >= 4 is 16.7 Å². The Morgan fingerprint density at radius 3 is 2.53 bits per heavy atom. The molecule has 5 heteroatoms. The third kappa shape index (κ3) is 3.05. The van der Waals surface area contributed by atoms with Crippen LogP contribution in [0.15, 0.2) is 30.3 Å². The minimum Gasteiger partial charge on any atom is -0.496 e. The van der Waals surface area contributed by atoms with Crippen LogP contribution in [-0.4, -0.2) is 41.9 Å². The molecule has 174 valence electrons. The highest BCUT2D eigenvalue weighted by atomic mass is 16.5. The third-order valence-electron chi connectivity index (χ3n) is 8.63. The van der Waals surface area contributed by atoms with E-state index in [0.717, 1.165) is 71.0 Å². The van der Waals surface area contributed by atoms with Crippen LogP contribution in [0.3, 0.4) is 0 Å². The molecule has 6 rings (SSSR count). The molecule has 3 aliphatic rings. The number of nitriles is 1. The zero-order valence-electron chi connectivity index (χ0n) is 20.2. The number of hydrogen-bond acceptors (Lipinski definition) is 4. The second kappa shape index (κ2) is 7.71. The van der Waals surface area contributed by atoms with Gasteiger partial charge in [-0.2, -0.15) is 5.26 Å². The summed E-state index contributed by atoms with van der Waals surface area (Å²) < 4.78 is 5.87. The van der Waals surface area contributed by atoms with E-state index >= 15 is 0 Å². The molecular formula is C29H31N3O2. The van der Waals surface area contributed by atoms with Crippen LogP contribution in [0.2, 0.25) is 0 Å². The number of H-pyrrole nitrogens is 1. The van der Waals surface area contributed by atoms with Gasteiger partial charge in [-0.1, -0.05) is 32.4 Å². The molecule has 1 aromatic heterocycles. The molecule has 1 saturated carbocycles. The highest BCUT2D eigenvalue weighted by Gasteiger charge is 2.41. The predicted molar refractivity (Wildman–Crippen MR) is 133 cm³/mol. The van der Waals surface area contributed by atoms with Crippen molar-refractivity contribution in [3.63, 3.8) is 0 Å². The van der Waals surface area contributed by atoms with Gasteiger partial charge < -0.3 is 14.6 Å². The Morgan fingerprint density at radius 1 is 1.12 bits per heavy atom. The molecule has 0 atom stereocenters. The lowest BCUT2D eigenvalue weighted by atomic mass is 9.70. The molecule has 0 bridgehead atoms. The van der Waals surface area contributed by atoms with Gasteiger partial charge in [-0.05, 0) is 74.0 Å². The normalized spacial score (nSPS) is 20.5. The van der Waals surface area contributed by atoms with Crippen LogP contribution in [0.5, 0.6) is 5.75 Å². The second-order valence-electron chi connectivity index (χ2n) is 10.7. The van der Waals surface area contributed by atoms with Crippen molar-refractivity contribution < 1.29 is 9.53 Å². The van der Waals surface area contributed by atoms with Crippen molar-refractivity contribution in [3.05, 3.63) is 63.8 Å². The number of methoxy groups -OCH3 is 1. The summed E-state index contributed by atoms with van der Waals surface area (Å²) in [5, 5.41) is 10.2. The van der Waals surface area contributed by atoms with Crippen molar-refractivity contribution in [2.45, 2.75) is 63.3 Å². The number of aromatic amines is 1. The summed E-state index contributed by atoms with van der Waals surface area (Å²) in [6.07, 6.45) is 6.35. The maximum atomic E-state index is 13.8. The fourth-order valence-electron chi connectivity index (χ4n) is 6.37. The van der Waals surface area contributed by atoms with E-state index in [4.69, 9.17) is 4.74 Å².